The van der Waals surface area contributed by atoms with Crippen molar-refractivity contribution >= 4 is 34.7 Å². The van der Waals surface area contributed by atoms with Crippen molar-refractivity contribution in [2.75, 3.05) is 17.1 Å². The van der Waals surface area contributed by atoms with Crippen molar-refractivity contribution in [1.82, 2.24) is 25.3 Å². The van der Waals surface area contributed by atoms with Crippen molar-refractivity contribution in [3.05, 3.63) is 12.1 Å². The Labute approximate surface area is 108 Å². The number of tetrazole rings is 1. The Balaban J connectivity index is 2.27. The van der Waals surface area contributed by atoms with E-state index in [2.05, 4.69) is 25.9 Å². The molecule has 17 heavy (non-hydrogen) atoms. The normalized spacial score (nSPS) is 11.9. The van der Waals surface area contributed by atoms with Gasteiger partial charge in [0.1, 0.15) is 5.82 Å². The molecular formula is C9H12Cl2N6. The average molecular weight is 275 g/mol. The highest BCUT2D eigenvalue weighted by Crippen LogP contribution is 2.20. The molecule has 0 unspecified atom stereocenters. The topological polar surface area (TPSA) is 68.0 Å². The molecular weight excluding hydrogens is 263 g/mol. The number of nitrogens with zero attached hydrogens (tertiary/aromatic N) is 5. The molecule has 2 heterocycles. The molecule has 8 heteroatoms. The van der Waals surface area contributed by atoms with E-state index in [0.717, 1.165) is 6.42 Å². The van der Waals surface area contributed by atoms with Crippen LogP contribution in [0.15, 0.2) is 12.1 Å². The van der Waals surface area contributed by atoms with Crippen LogP contribution in [-0.2, 0) is 0 Å². The van der Waals surface area contributed by atoms with Crippen molar-refractivity contribution < 1.29 is 0 Å². The maximum atomic E-state index is 5.95. The zero-order valence-electron chi connectivity index (χ0n) is 9.27. The predicted molar refractivity (Wildman–Crippen MR) is 66.7 cm³/mol. The van der Waals surface area contributed by atoms with Gasteiger partial charge in [0, 0.05) is 11.8 Å². The van der Waals surface area contributed by atoms with E-state index in [0.29, 0.717) is 23.2 Å². The molecule has 1 N–H and O–H groups in total. The third kappa shape index (κ3) is 2.42. The van der Waals surface area contributed by atoms with Crippen molar-refractivity contribution in [3.8, 4) is 0 Å². The second kappa shape index (κ2) is 5.01. The molecule has 0 aliphatic heterocycles. The summed E-state index contributed by atoms with van der Waals surface area (Å²) in [4.78, 5) is 0. The van der Waals surface area contributed by atoms with Gasteiger partial charge in [-0.05, 0) is 29.0 Å². The Kier molecular flexibility index (Phi) is 3.63. The number of nitrogens with one attached hydrogen (secondary N) is 1. The SMILES string of the molecule is CCC(CCl)(CCl)Nc1ccc2nnnn2n1. The fourth-order valence-corrected chi connectivity index (χ4v) is 2.17. The van der Waals surface area contributed by atoms with Gasteiger partial charge in [0.15, 0.2) is 5.65 Å². The molecule has 92 valence electrons. The Hall–Kier alpha value is -1.14. The zero-order valence-corrected chi connectivity index (χ0v) is 10.8. The number of rotatable bonds is 5. The van der Waals surface area contributed by atoms with Crippen LogP contribution in [0.2, 0.25) is 0 Å². The first-order valence-electron chi connectivity index (χ1n) is 5.18. The van der Waals surface area contributed by atoms with Gasteiger partial charge in [0.2, 0.25) is 0 Å². The maximum Gasteiger partial charge on any atom is 0.200 e. The molecule has 0 aromatic carbocycles. The first kappa shape index (κ1) is 12.3. The summed E-state index contributed by atoms with van der Waals surface area (Å²) in [6, 6.07) is 3.58. The van der Waals surface area contributed by atoms with Crippen molar-refractivity contribution in [2.24, 2.45) is 0 Å². The molecule has 0 radical (unpaired) electrons. The minimum atomic E-state index is -0.363. The summed E-state index contributed by atoms with van der Waals surface area (Å²) in [7, 11) is 0. The number of aromatic nitrogens is 5. The van der Waals surface area contributed by atoms with E-state index < -0.39 is 0 Å². The lowest BCUT2D eigenvalue weighted by atomic mass is 10.0. The molecule has 6 nitrogen and oxygen atoms in total. The minimum Gasteiger partial charge on any atom is -0.361 e. The van der Waals surface area contributed by atoms with Crippen LogP contribution in [0.3, 0.4) is 0 Å². The van der Waals surface area contributed by atoms with Crippen LogP contribution in [0.25, 0.3) is 5.65 Å². The number of fused-ring (bicyclic) bond motifs is 1. The molecule has 2 aromatic heterocycles. The smallest absolute Gasteiger partial charge is 0.200 e. The second-order valence-corrected chi connectivity index (χ2v) is 4.31. The van der Waals surface area contributed by atoms with E-state index in [9.17, 15) is 0 Å². The zero-order chi connectivity index (χ0) is 12.3. The highest BCUT2D eigenvalue weighted by Gasteiger charge is 2.26. The van der Waals surface area contributed by atoms with Crippen LogP contribution < -0.4 is 5.32 Å². The number of halogens is 2. The quantitative estimate of drug-likeness (QED) is 0.839. The third-order valence-corrected chi connectivity index (χ3v) is 3.67. The maximum absolute atomic E-state index is 5.95. The van der Waals surface area contributed by atoms with Crippen LogP contribution in [0, 0.1) is 0 Å². The third-order valence-electron chi connectivity index (χ3n) is 2.65. The molecule has 0 bridgehead atoms. The van der Waals surface area contributed by atoms with E-state index in [-0.39, 0.29) is 5.54 Å². The summed E-state index contributed by atoms with van der Waals surface area (Å²) in [6.45, 7) is 2.02. The molecule has 0 spiro atoms. The molecule has 0 saturated carbocycles. The Bertz CT molecular complexity index is 487. The van der Waals surface area contributed by atoms with Gasteiger partial charge in [-0.1, -0.05) is 6.92 Å². The van der Waals surface area contributed by atoms with Gasteiger partial charge in [0.05, 0.1) is 5.54 Å². The van der Waals surface area contributed by atoms with Gasteiger partial charge < -0.3 is 5.32 Å². The van der Waals surface area contributed by atoms with Crippen LogP contribution >= 0.6 is 23.2 Å². The molecule has 2 rings (SSSR count). The molecule has 0 fully saturated rings. The van der Waals surface area contributed by atoms with E-state index in [1.165, 1.54) is 4.63 Å². The van der Waals surface area contributed by atoms with Crippen LogP contribution in [0.1, 0.15) is 13.3 Å². The molecule has 0 aliphatic rings. The summed E-state index contributed by atoms with van der Waals surface area (Å²) in [5.74, 6) is 1.46. The molecule has 0 amide bonds. The Morgan fingerprint density at radius 2 is 2.12 bits per heavy atom. The lowest BCUT2D eigenvalue weighted by molar-refractivity contribution is 0.554. The van der Waals surface area contributed by atoms with Crippen molar-refractivity contribution in [3.63, 3.8) is 0 Å². The minimum absolute atomic E-state index is 0.363. The van der Waals surface area contributed by atoms with Gasteiger partial charge >= 0.3 is 0 Å². The van der Waals surface area contributed by atoms with Crippen molar-refractivity contribution in [2.45, 2.75) is 18.9 Å². The van der Waals surface area contributed by atoms with Crippen LogP contribution in [0.4, 0.5) is 5.82 Å². The van der Waals surface area contributed by atoms with Gasteiger partial charge in [-0.3, -0.25) is 0 Å². The van der Waals surface area contributed by atoms with Crippen LogP contribution in [0.5, 0.6) is 0 Å². The predicted octanol–water partition coefficient (Wildman–Crippen LogP) is 1.56. The van der Waals surface area contributed by atoms with Crippen molar-refractivity contribution in [1.29, 1.82) is 0 Å². The van der Waals surface area contributed by atoms with Gasteiger partial charge in [-0.2, -0.15) is 0 Å². The van der Waals surface area contributed by atoms with Gasteiger partial charge in [-0.25, -0.2) is 0 Å². The fraction of sp³-hybridized carbons (Fsp3) is 0.556. The van der Waals surface area contributed by atoms with Gasteiger partial charge in [0.25, 0.3) is 0 Å². The first-order chi connectivity index (χ1) is 8.23. The lowest BCUT2D eigenvalue weighted by Gasteiger charge is -2.29. The monoisotopic (exact) mass is 274 g/mol. The number of alkyl halides is 2. The lowest BCUT2D eigenvalue weighted by Crippen LogP contribution is -2.42. The largest absolute Gasteiger partial charge is 0.361 e. The number of hydrogen-bond acceptors (Lipinski definition) is 5. The van der Waals surface area contributed by atoms with Gasteiger partial charge in [-0.15, -0.1) is 38.0 Å². The Morgan fingerprint density at radius 1 is 1.35 bits per heavy atom. The summed E-state index contributed by atoms with van der Waals surface area (Å²) < 4.78 is 1.35. The fourth-order valence-electron chi connectivity index (χ4n) is 1.37. The first-order valence-corrected chi connectivity index (χ1v) is 6.25. The molecule has 0 atom stereocenters. The molecule has 0 saturated heterocycles. The summed E-state index contributed by atoms with van der Waals surface area (Å²) in [5, 5.41) is 18.5. The van der Waals surface area contributed by atoms with Crippen LogP contribution in [-0.4, -0.2) is 42.6 Å². The second-order valence-electron chi connectivity index (χ2n) is 3.77. The summed E-state index contributed by atoms with van der Waals surface area (Å²) >= 11 is 11.9. The van der Waals surface area contributed by atoms with E-state index in [1.807, 2.05) is 6.92 Å². The Morgan fingerprint density at radius 3 is 2.76 bits per heavy atom. The van der Waals surface area contributed by atoms with E-state index >= 15 is 0 Å². The standard InChI is InChI=1S/C9H12Cl2N6/c1-2-9(5-10,6-11)12-7-3-4-8-13-15-16-17(8)14-7/h3-4H,2,5-6H2,1H3,(H,12,14). The van der Waals surface area contributed by atoms with E-state index in [1.54, 1.807) is 12.1 Å². The number of anilines is 1. The highest BCUT2D eigenvalue weighted by atomic mass is 35.5. The average Bonchev–Trinajstić information content (AvgIpc) is 2.83. The van der Waals surface area contributed by atoms with E-state index in [4.69, 9.17) is 23.2 Å². The highest BCUT2D eigenvalue weighted by molar-refractivity contribution is 6.22. The number of hydrogen-bond donors (Lipinski definition) is 1. The summed E-state index contributed by atoms with van der Waals surface area (Å²) in [6.07, 6.45) is 0.801. The summed E-state index contributed by atoms with van der Waals surface area (Å²) in [5.41, 5.74) is 0.229. The molecule has 2 aromatic rings. The molecule has 0 aliphatic carbocycles.